The van der Waals surface area contributed by atoms with Gasteiger partial charge in [0.2, 0.25) is 0 Å². The standard InChI is InChI=1S/C13H15ClN2S/c14-10-4-5-11-8-15-13(16(11)9-10)7-12-3-1-2-6-17-12/h4-5,8-9,12H,1-3,6-7H2. The maximum absolute atomic E-state index is 6.04. The van der Waals surface area contributed by atoms with E-state index in [1.807, 2.05) is 24.5 Å². The number of thioether (sulfide) groups is 1. The molecule has 1 fully saturated rings. The maximum Gasteiger partial charge on any atom is 0.114 e. The van der Waals surface area contributed by atoms with Gasteiger partial charge in [-0.2, -0.15) is 11.8 Å². The molecule has 1 aliphatic heterocycles. The van der Waals surface area contributed by atoms with Crippen molar-refractivity contribution < 1.29 is 0 Å². The van der Waals surface area contributed by atoms with Crippen molar-refractivity contribution in [1.82, 2.24) is 9.38 Å². The van der Waals surface area contributed by atoms with Gasteiger partial charge in [-0.15, -0.1) is 0 Å². The fraction of sp³-hybridized carbons (Fsp3) is 0.462. The lowest BCUT2D eigenvalue weighted by Crippen LogP contribution is -2.14. The molecule has 90 valence electrons. The zero-order chi connectivity index (χ0) is 11.7. The third-order valence-corrected chi connectivity index (χ3v) is 4.87. The largest absolute Gasteiger partial charge is 0.302 e. The molecule has 4 heteroatoms. The lowest BCUT2D eigenvalue weighted by molar-refractivity contribution is 0.646. The molecule has 0 aromatic carbocycles. The number of fused-ring (bicyclic) bond motifs is 1. The van der Waals surface area contributed by atoms with Crippen molar-refractivity contribution in [2.75, 3.05) is 5.75 Å². The number of hydrogen-bond donors (Lipinski definition) is 0. The number of imidazole rings is 1. The Labute approximate surface area is 110 Å². The monoisotopic (exact) mass is 266 g/mol. The second-order valence-electron chi connectivity index (χ2n) is 4.51. The molecule has 2 aromatic rings. The molecular formula is C13H15ClN2S. The first-order valence-corrected chi connectivity index (χ1v) is 7.49. The lowest BCUT2D eigenvalue weighted by atomic mass is 10.1. The summed E-state index contributed by atoms with van der Waals surface area (Å²) in [6.07, 6.45) is 9.00. The zero-order valence-electron chi connectivity index (χ0n) is 9.60. The normalized spacial score (nSPS) is 20.9. The van der Waals surface area contributed by atoms with Gasteiger partial charge < -0.3 is 4.40 Å². The van der Waals surface area contributed by atoms with Crippen LogP contribution in [0.3, 0.4) is 0 Å². The molecule has 1 unspecified atom stereocenters. The highest BCUT2D eigenvalue weighted by Gasteiger charge is 2.16. The molecule has 1 saturated heterocycles. The van der Waals surface area contributed by atoms with Crippen LogP contribution in [0.1, 0.15) is 25.1 Å². The SMILES string of the molecule is Clc1ccc2cnc(CC3CCCCS3)n2c1. The van der Waals surface area contributed by atoms with Crippen molar-refractivity contribution in [3.63, 3.8) is 0 Å². The Morgan fingerprint density at radius 3 is 3.18 bits per heavy atom. The number of halogens is 1. The molecule has 0 saturated carbocycles. The molecule has 1 atom stereocenters. The van der Waals surface area contributed by atoms with E-state index in [0.29, 0.717) is 0 Å². The molecule has 2 aromatic heterocycles. The highest BCUT2D eigenvalue weighted by molar-refractivity contribution is 7.99. The summed E-state index contributed by atoms with van der Waals surface area (Å²) in [5.41, 5.74) is 1.13. The van der Waals surface area contributed by atoms with Gasteiger partial charge in [-0.05, 0) is 30.7 Å². The van der Waals surface area contributed by atoms with Gasteiger partial charge in [-0.3, -0.25) is 0 Å². The van der Waals surface area contributed by atoms with Crippen LogP contribution in [-0.4, -0.2) is 20.4 Å². The van der Waals surface area contributed by atoms with Crippen molar-refractivity contribution in [2.24, 2.45) is 0 Å². The van der Waals surface area contributed by atoms with Crippen molar-refractivity contribution in [2.45, 2.75) is 30.9 Å². The Bertz CT molecular complexity index is 517. The first-order chi connectivity index (χ1) is 8.33. The van der Waals surface area contributed by atoms with Gasteiger partial charge in [-0.25, -0.2) is 4.98 Å². The van der Waals surface area contributed by atoms with E-state index in [1.165, 1.54) is 25.0 Å². The van der Waals surface area contributed by atoms with E-state index in [2.05, 4.69) is 21.1 Å². The first kappa shape index (κ1) is 11.4. The van der Waals surface area contributed by atoms with E-state index in [0.717, 1.165) is 28.0 Å². The predicted molar refractivity (Wildman–Crippen MR) is 74.0 cm³/mol. The Morgan fingerprint density at radius 1 is 1.41 bits per heavy atom. The second-order valence-corrected chi connectivity index (χ2v) is 6.35. The third-order valence-electron chi connectivity index (χ3n) is 3.25. The van der Waals surface area contributed by atoms with Gasteiger partial charge >= 0.3 is 0 Å². The Kier molecular flexibility index (Phi) is 3.30. The smallest absolute Gasteiger partial charge is 0.114 e. The Balaban J connectivity index is 1.86. The molecule has 2 nitrogen and oxygen atoms in total. The van der Waals surface area contributed by atoms with Crippen LogP contribution < -0.4 is 0 Å². The minimum Gasteiger partial charge on any atom is -0.302 e. The molecule has 1 aliphatic rings. The molecular weight excluding hydrogens is 252 g/mol. The molecule has 0 N–H and O–H groups in total. The first-order valence-electron chi connectivity index (χ1n) is 6.06. The average molecular weight is 267 g/mol. The van der Waals surface area contributed by atoms with Gasteiger partial charge in [0.1, 0.15) is 5.82 Å². The molecule has 0 bridgehead atoms. The summed E-state index contributed by atoms with van der Waals surface area (Å²) in [4.78, 5) is 4.52. The zero-order valence-corrected chi connectivity index (χ0v) is 11.2. The number of hydrogen-bond acceptors (Lipinski definition) is 2. The maximum atomic E-state index is 6.04. The van der Waals surface area contributed by atoms with Crippen LogP contribution in [0.5, 0.6) is 0 Å². The van der Waals surface area contributed by atoms with Crippen molar-refractivity contribution in [3.05, 3.63) is 35.4 Å². The van der Waals surface area contributed by atoms with E-state index in [9.17, 15) is 0 Å². The van der Waals surface area contributed by atoms with Gasteiger partial charge in [0.05, 0.1) is 16.7 Å². The summed E-state index contributed by atoms with van der Waals surface area (Å²) >= 11 is 8.12. The highest BCUT2D eigenvalue weighted by atomic mass is 35.5. The third kappa shape index (κ3) is 2.45. The molecule has 0 radical (unpaired) electrons. The molecule has 0 spiro atoms. The number of aromatic nitrogens is 2. The van der Waals surface area contributed by atoms with Gasteiger partial charge in [0.25, 0.3) is 0 Å². The fourth-order valence-corrected chi connectivity index (χ4v) is 3.81. The summed E-state index contributed by atoms with van der Waals surface area (Å²) in [6, 6.07) is 3.94. The molecule has 0 aliphatic carbocycles. The van der Waals surface area contributed by atoms with Crippen LogP contribution in [0.15, 0.2) is 24.5 Å². The fourth-order valence-electron chi connectivity index (χ4n) is 2.34. The van der Waals surface area contributed by atoms with E-state index in [-0.39, 0.29) is 0 Å². The second kappa shape index (κ2) is 4.91. The molecule has 0 amide bonds. The highest BCUT2D eigenvalue weighted by Crippen LogP contribution is 2.28. The van der Waals surface area contributed by atoms with Crippen LogP contribution in [0, 0.1) is 0 Å². The minimum absolute atomic E-state index is 0.730. The lowest BCUT2D eigenvalue weighted by Gasteiger charge is -2.20. The van der Waals surface area contributed by atoms with E-state index in [4.69, 9.17) is 11.6 Å². The summed E-state index contributed by atoms with van der Waals surface area (Å²) in [5, 5.41) is 1.50. The van der Waals surface area contributed by atoms with Crippen LogP contribution >= 0.6 is 23.4 Å². The summed E-state index contributed by atoms with van der Waals surface area (Å²) in [5.74, 6) is 2.44. The van der Waals surface area contributed by atoms with Crippen molar-refractivity contribution in [3.8, 4) is 0 Å². The minimum atomic E-state index is 0.730. The van der Waals surface area contributed by atoms with Crippen molar-refractivity contribution in [1.29, 1.82) is 0 Å². The average Bonchev–Trinajstić information content (AvgIpc) is 2.73. The summed E-state index contributed by atoms with van der Waals surface area (Å²) < 4.78 is 2.12. The van der Waals surface area contributed by atoms with Gasteiger partial charge in [0.15, 0.2) is 0 Å². The quantitative estimate of drug-likeness (QED) is 0.822. The predicted octanol–water partition coefficient (Wildman–Crippen LogP) is 3.82. The van der Waals surface area contributed by atoms with Crippen LogP contribution in [0.25, 0.3) is 5.52 Å². The molecule has 3 rings (SSSR count). The van der Waals surface area contributed by atoms with Gasteiger partial charge in [-0.1, -0.05) is 18.0 Å². The number of pyridine rings is 1. The Morgan fingerprint density at radius 2 is 2.35 bits per heavy atom. The summed E-state index contributed by atoms with van der Waals surface area (Å²) in [7, 11) is 0. The van der Waals surface area contributed by atoms with E-state index < -0.39 is 0 Å². The van der Waals surface area contributed by atoms with Gasteiger partial charge in [0, 0.05) is 17.9 Å². The molecule has 3 heterocycles. The van der Waals surface area contributed by atoms with E-state index in [1.54, 1.807) is 0 Å². The van der Waals surface area contributed by atoms with Crippen molar-refractivity contribution >= 4 is 28.9 Å². The summed E-state index contributed by atoms with van der Waals surface area (Å²) in [6.45, 7) is 0. The topological polar surface area (TPSA) is 17.3 Å². The molecule has 17 heavy (non-hydrogen) atoms. The van der Waals surface area contributed by atoms with Crippen LogP contribution in [0.2, 0.25) is 5.02 Å². The number of nitrogens with zero attached hydrogens (tertiary/aromatic N) is 2. The number of rotatable bonds is 2. The van der Waals surface area contributed by atoms with E-state index >= 15 is 0 Å². The Hall–Kier alpha value is -0.670. The van der Waals surface area contributed by atoms with Crippen LogP contribution in [-0.2, 0) is 6.42 Å². The van der Waals surface area contributed by atoms with Crippen LogP contribution in [0.4, 0.5) is 0 Å².